The number of hydrogen-bond acceptors (Lipinski definition) is 7. The Labute approximate surface area is 171 Å². The monoisotopic (exact) mass is 405 g/mol. The summed E-state index contributed by atoms with van der Waals surface area (Å²) in [7, 11) is 0. The maximum Gasteiger partial charge on any atom is 0.410 e. The van der Waals surface area contributed by atoms with Gasteiger partial charge in [-0.3, -0.25) is 4.90 Å². The molecule has 2 aliphatic heterocycles. The van der Waals surface area contributed by atoms with Crippen LogP contribution < -0.4 is 4.90 Å². The Kier molecular flexibility index (Phi) is 6.56. The van der Waals surface area contributed by atoms with Gasteiger partial charge in [0.15, 0.2) is 11.5 Å². The van der Waals surface area contributed by atoms with Crippen molar-refractivity contribution in [2.75, 3.05) is 50.7 Å². The molecule has 160 valence electrons. The fraction of sp³-hybridized carbons (Fsp3) is 0.700. The highest BCUT2D eigenvalue weighted by atomic mass is 16.6. The molecule has 0 aliphatic carbocycles. The van der Waals surface area contributed by atoms with E-state index in [1.165, 1.54) is 6.07 Å². The molecular weight excluding hydrogens is 374 g/mol. The molecule has 2 fully saturated rings. The summed E-state index contributed by atoms with van der Waals surface area (Å²) in [6.07, 6.45) is 1.91. The topological polar surface area (TPSA) is 99.1 Å². The Bertz CT molecular complexity index is 703. The van der Waals surface area contributed by atoms with Gasteiger partial charge in [0.25, 0.3) is 0 Å². The number of aromatic nitrogens is 2. The van der Waals surface area contributed by atoms with Crippen molar-refractivity contribution in [3.63, 3.8) is 0 Å². The molecular formula is C20H31N5O4. The quantitative estimate of drug-likeness (QED) is 0.811. The van der Waals surface area contributed by atoms with E-state index in [1.54, 1.807) is 11.0 Å². The predicted octanol–water partition coefficient (Wildman–Crippen LogP) is 1.94. The minimum Gasteiger partial charge on any atom is -0.476 e. The largest absolute Gasteiger partial charge is 0.476 e. The van der Waals surface area contributed by atoms with Gasteiger partial charge in [-0.1, -0.05) is 0 Å². The van der Waals surface area contributed by atoms with Crippen LogP contribution in [0.25, 0.3) is 0 Å². The second kappa shape index (κ2) is 8.94. The molecule has 0 bridgehead atoms. The van der Waals surface area contributed by atoms with Crippen LogP contribution in [0.3, 0.4) is 0 Å². The fourth-order valence-corrected chi connectivity index (χ4v) is 3.76. The Morgan fingerprint density at radius 3 is 2.24 bits per heavy atom. The third-order valence-corrected chi connectivity index (χ3v) is 5.35. The standard InChI is InChI=1S/C20H31N5O4/c1-20(2,3)29-19(28)25-12-10-23(11-13-25)14-15-6-8-24(9-7-15)17-5-4-16(18(26)27)21-22-17/h4-5,15H,6-14H2,1-3H3,(H,26,27). The predicted molar refractivity (Wildman–Crippen MR) is 108 cm³/mol. The van der Waals surface area contributed by atoms with Gasteiger partial charge in [0, 0.05) is 45.8 Å². The number of hydrogen-bond donors (Lipinski definition) is 1. The molecule has 1 N–H and O–H groups in total. The number of carbonyl (C=O) groups is 2. The van der Waals surface area contributed by atoms with Crippen LogP contribution in [0.1, 0.15) is 44.1 Å². The first-order valence-electron chi connectivity index (χ1n) is 10.2. The van der Waals surface area contributed by atoms with E-state index in [-0.39, 0.29) is 11.8 Å². The SMILES string of the molecule is CC(C)(C)OC(=O)N1CCN(CC2CCN(c3ccc(C(=O)O)nn3)CC2)CC1. The van der Waals surface area contributed by atoms with Crippen molar-refractivity contribution in [1.29, 1.82) is 0 Å². The van der Waals surface area contributed by atoms with Gasteiger partial charge in [-0.25, -0.2) is 9.59 Å². The number of aromatic carboxylic acids is 1. The number of carbonyl (C=O) groups excluding carboxylic acids is 1. The number of ether oxygens (including phenoxy) is 1. The number of anilines is 1. The van der Waals surface area contributed by atoms with Crippen molar-refractivity contribution in [2.24, 2.45) is 5.92 Å². The third-order valence-electron chi connectivity index (χ3n) is 5.35. The minimum absolute atomic E-state index is 0.0332. The number of nitrogens with zero attached hydrogens (tertiary/aromatic N) is 5. The summed E-state index contributed by atoms with van der Waals surface area (Å²) in [5.74, 6) is 0.291. The number of carboxylic acid groups (broad SMARTS) is 1. The molecule has 2 aliphatic rings. The van der Waals surface area contributed by atoms with E-state index < -0.39 is 11.6 Å². The maximum atomic E-state index is 12.2. The first-order chi connectivity index (χ1) is 13.7. The second-order valence-corrected chi connectivity index (χ2v) is 8.78. The summed E-state index contributed by atoms with van der Waals surface area (Å²) in [5, 5.41) is 16.7. The van der Waals surface area contributed by atoms with Gasteiger partial charge in [0.05, 0.1) is 0 Å². The number of piperidine rings is 1. The summed E-state index contributed by atoms with van der Waals surface area (Å²) >= 11 is 0. The normalized spacial score (nSPS) is 19.3. The van der Waals surface area contributed by atoms with Gasteiger partial charge in [0.1, 0.15) is 5.60 Å². The smallest absolute Gasteiger partial charge is 0.410 e. The van der Waals surface area contributed by atoms with Crippen LogP contribution >= 0.6 is 0 Å². The Morgan fingerprint density at radius 1 is 1.07 bits per heavy atom. The zero-order chi connectivity index (χ0) is 21.0. The van der Waals surface area contributed by atoms with Crippen molar-refractivity contribution in [3.05, 3.63) is 17.8 Å². The van der Waals surface area contributed by atoms with Gasteiger partial charge in [0.2, 0.25) is 0 Å². The molecule has 29 heavy (non-hydrogen) atoms. The summed E-state index contributed by atoms with van der Waals surface area (Å²) in [5.41, 5.74) is -0.491. The molecule has 0 spiro atoms. The highest BCUT2D eigenvalue weighted by Crippen LogP contribution is 2.23. The third kappa shape index (κ3) is 6.03. The lowest BCUT2D eigenvalue weighted by atomic mass is 9.96. The van der Waals surface area contributed by atoms with E-state index in [0.717, 1.165) is 51.4 Å². The van der Waals surface area contributed by atoms with Crippen LogP contribution in [-0.2, 0) is 4.74 Å². The van der Waals surface area contributed by atoms with Crippen LogP contribution in [0.4, 0.5) is 10.6 Å². The lowest BCUT2D eigenvalue weighted by Crippen LogP contribution is -2.51. The molecule has 0 aromatic carbocycles. The maximum absolute atomic E-state index is 12.2. The molecule has 3 heterocycles. The highest BCUT2D eigenvalue weighted by molar-refractivity contribution is 5.85. The van der Waals surface area contributed by atoms with Gasteiger partial charge in [-0.15, -0.1) is 10.2 Å². The van der Waals surface area contributed by atoms with Gasteiger partial charge in [-0.05, 0) is 51.7 Å². The summed E-state index contributed by atoms with van der Waals surface area (Å²) in [6, 6.07) is 3.23. The van der Waals surface area contributed by atoms with E-state index in [0.29, 0.717) is 19.0 Å². The molecule has 3 rings (SSSR count). The van der Waals surface area contributed by atoms with Crippen LogP contribution in [0.2, 0.25) is 0 Å². The summed E-state index contributed by atoms with van der Waals surface area (Å²) < 4.78 is 5.46. The van der Waals surface area contributed by atoms with Gasteiger partial charge >= 0.3 is 12.1 Å². The van der Waals surface area contributed by atoms with Crippen LogP contribution in [0.15, 0.2) is 12.1 Å². The molecule has 2 saturated heterocycles. The van der Waals surface area contributed by atoms with Gasteiger partial charge < -0.3 is 19.6 Å². The van der Waals surface area contributed by atoms with E-state index in [4.69, 9.17) is 9.84 Å². The molecule has 0 radical (unpaired) electrons. The second-order valence-electron chi connectivity index (χ2n) is 8.78. The molecule has 1 aromatic heterocycles. The number of carboxylic acids is 1. The molecule has 9 nitrogen and oxygen atoms in total. The minimum atomic E-state index is -1.06. The van der Waals surface area contributed by atoms with Crippen LogP contribution in [-0.4, -0.2) is 88.6 Å². The Hall–Kier alpha value is -2.42. The van der Waals surface area contributed by atoms with Crippen molar-refractivity contribution >= 4 is 17.9 Å². The first kappa shape index (κ1) is 21.3. The fourth-order valence-electron chi connectivity index (χ4n) is 3.76. The summed E-state index contributed by atoms with van der Waals surface area (Å²) in [4.78, 5) is 29.5. The average molecular weight is 405 g/mol. The zero-order valence-electron chi connectivity index (χ0n) is 17.5. The Morgan fingerprint density at radius 2 is 1.72 bits per heavy atom. The number of amides is 1. The zero-order valence-corrected chi connectivity index (χ0v) is 17.5. The van der Waals surface area contributed by atoms with Crippen molar-refractivity contribution < 1.29 is 19.4 Å². The van der Waals surface area contributed by atoms with Crippen molar-refractivity contribution in [1.82, 2.24) is 20.0 Å². The van der Waals surface area contributed by atoms with Crippen molar-refractivity contribution in [3.8, 4) is 0 Å². The lowest BCUT2D eigenvalue weighted by molar-refractivity contribution is 0.0130. The molecule has 0 unspecified atom stereocenters. The number of rotatable bonds is 4. The lowest BCUT2D eigenvalue weighted by Gasteiger charge is -2.39. The van der Waals surface area contributed by atoms with E-state index in [9.17, 15) is 9.59 Å². The molecule has 9 heteroatoms. The van der Waals surface area contributed by atoms with Crippen LogP contribution in [0, 0.1) is 5.92 Å². The molecule has 1 aromatic rings. The first-order valence-corrected chi connectivity index (χ1v) is 10.2. The average Bonchev–Trinajstić information content (AvgIpc) is 2.68. The molecule has 0 atom stereocenters. The van der Waals surface area contributed by atoms with E-state index in [2.05, 4.69) is 20.0 Å². The van der Waals surface area contributed by atoms with Gasteiger partial charge in [-0.2, -0.15) is 0 Å². The molecule has 1 amide bonds. The van der Waals surface area contributed by atoms with E-state index >= 15 is 0 Å². The number of piperazine rings is 1. The van der Waals surface area contributed by atoms with Crippen molar-refractivity contribution in [2.45, 2.75) is 39.2 Å². The highest BCUT2D eigenvalue weighted by Gasteiger charge is 2.28. The van der Waals surface area contributed by atoms with Crippen LogP contribution in [0.5, 0.6) is 0 Å². The summed E-state index contributed by atoms with van der Waals surface area (Å²) in [6.45, 7) is 11.7. The molecule has 0 saturated carbocycles. The van der Waals surface area contributed by atoms with E-state index in [1.807, 2.05) is 20.8 Å². The Balaban J connectivity index is 1.40.